The van der Waals surface area contributed by atoms with Crippen LogP contribution in [0.15, 0.2) is 16.8 Å². The molecule has 0 N–H and O–H groups in total. The van der Waals surface area contributed by atoms with Gasteiger partial charge in [-0.3, -0.25) is 0 Å². The monoisotopic (exact) mass is 196 g/mol. The van der Waals surface area contributed by atoms with E-state index in [9.17, 15) is 0 Å². The van der Waals surface area contributed by atoms with Crippen molar-refractivity contribution >= 4 is 6.02 Å². The van der Waals surface area contributed by atoms with Crippen LogP contribution < -0.4 is 0 Å². The molecule has 1 heterocycles. The van der Waals surface area contributed by atoms with E-state index in [1.165, 1.54) is 5.57 Å². The van der Waals surface area contributed by atoms with E-state index in [4.69, 9.17) is 4.74 Å². The van der Waals surface area contributed by atoms with Crippen molar-refractivity contribution in [2.45, 2.75) is 27.2 Å². The average Bonchev–Trinajstić information content (AvgIpc) is 2.25. The number of methoxy groups -OCH3 is 1. The molecule has 0 aromatic heterocycles. The van der Waals surface area contributed by atoms with E-state index in [1.807, 2.05) is 18.1 Å². The summed E-state index contributed by atoms with van der Waals surface area (Å²) in [6, 6.07) is 0.698. The van der Waals surface area contributed by atoms with Crippen LogP contribution in [0.2, 0.25) is 0 Å². The van der Waals surface area contributed by atoms with Crippen LogP contribution >= 0.6 is 0 Å². The summed E-state index contributed by atoms with van der Waals surface area (Å²) in [6.07, 6.45) is 3.00. The van der Waals surface area contributed by atoms with Gasteiger partial charge >= 0.3 is 0 Å². The van der Waals surface area contributed by atoms with Crippen LogP contribution in [-0.2, 0) is 4.74 Å². The van der Waals surface area contributed by atoms with Gasteiger partial charge in [0.2, 0.25) is 0 Å². The van der Waals surface area contributed by atoms with Crippen LogP contribution in [0.4, 0.5) is 0 Å². The molecule has 0 aliphatic carbocycles. The SMILES string of the molecule is COC1=NC=C(C(C)(C)C)CCN1C. The minimum absolute atomic E-state index is 0.202. The molecule has 0 radical (unpaired) electrons. The fourth-order valence-corrected chi connectivity index (χ4v) is 1.46. The Labute approximate surface area is 86.5 Å². The number of hydrogen-bond acceptors (Lipinski definition) is 3. The van der Waals surface area contributed by atoms with Gasteiger partial charge in [0.15, 0.2) is 0 Å². The molecule has 1 aliphatic rings. The third-order valence-corrected chi connectivity index (χ3v) is 2.52. The molecule has 0 fully saturated rings. The van der Waals surface area contributed by atoms with Gasteiger partial charge in [-0.15, -0.1) is 0 Å². The molecule has 1 rings (SSSR count). The highest BCUT2D eigenvalue weighted by atomic mass is 16.5. The van der Waals surface area contributed by atoms with Gasteiger partial charge in [0.1, 0.15) is 0 Å². The van der Waals surface area contributed by atoms with Crippen molar-refractivity contribution in [3.63, 3.8) is 0 Å². The Balaban J connectivity index is 2.85. The van der Waals surface area contributed by atoms with Crippen molar-refractivity contribution in [1.82, 2.24) is 4.90 Å². The van der Waals surface area contributed by atoms with Gasteiger partial charge in [0.25, 0.3) is 6.02 Å². The topological polar surface area (TPSA) is 24.8 Å². The molecule has 3 nitrogen and oxygen atoms in total. The smallest absolute Gasteiger partial charge is 0.291 e. The van der Waals surface area contributed by atoms with E-state index in [0.717, 1.165) is 13.0 Å². The lowest BCUT2D eigenvalue weighted by atomic mass is 9.85. The zero-order valence-corrected chi connectivity index (χ0v) is 9.79. The van der Waals surface area contributed by atoms with E-state index >= 15 is 0 Å². The van der Waals surface area contributed by atoms with Gasteiger partial charge in [-0.2, -0.15) is 0 Å². The lowest BCUT2D eigenvalue weighted by Gasteiger charge is -2.23. The molecule has 0 amide bonds. The second-order valence-electron chi connectivity index (χ2n) is 4.69. The van der Waals surface area contributed by atoms with Crippen molar-refractivity contribution in [2.24, 2.45) is 10.4 Å². The Morgan fingerprint density at radius 2 is 2.07 bits per heavy atom. The molecule has 0 atom stereocenters. The van der Waals surface area contributed by atoms with Gasteiger partial charge < -0.3 is 9.64 Å². The minimum Gasteiger partial charge on any atom is -0.468 e. The molecular formula is C11H20N2O. The number of ether oxygens (including phenoxy) is 1. The maximum Gasteiger partial charge on any atom is 0.291 e. The van der Waals surface area contributed by atoms with Crippen LogP contribution in [0.3, 0.4) is 0 Å². The fourth-order valence-electron chi connectivity index (χ4n) is 1.46. The Hall–Kier alpha value is -0.990. The van der Waals surface area contributed by atoms with Crippen molar-refractivity contribution in [3.05, 3.63) is 11.8 Å². The van der Waals surface area contributed by atoms with Crippen molar-refractivity contribution in [1.29, 1.82) is 0 Å². The third kappa shape index (κ3) is 2.50. The minimum atomic E-state index is 0.202. The molecule has 80 valence electrons. The largest absolute Gasteiger partial charge is 0.468 e. The maximum atomic E-state index is 5.18. The zero-order valence-electron chi connectivity index (χ0n) is 9.79. The van der Waals surface area contributed by atoms with Crippen molar-refractivity contribution < 1.29 is 4.74 Å². The van der Waals surface area contributed by atoms with Crippen LogP contribution in [0.25, 0.3) is 0 Å². The highest BCUT2D eigenvalue weighted by Crippen LogP contribution is 2.29. The number of hydrogen-bond donors (Lipinski definition) is 0. The van der Waals surface area contributed by atoms with E-state index < -0.39 is 0 Å². The van der Waals surface area contributed by atoms with Crippen molar-refractivity contribution in [2.75, 3.05) is 20.7 Å². The van der Waals surface area contributed by atoms with Crippen LogP contribution in [0.5, 0.6) is 0 Å². The number of amidine groups is 1. The summed E-state index contributed by atoms with van der Waals surface area (Å²) in [7, 11) is 3.66. The Morgan fingerprint density at radius 3 is 2.57 bits per heavy atom. The fraction of sp³-hybridized carbons (Fsp3) is 0.727. The maximum absolute atomic E-state index is 5.18. The van der Waals surface area contributed by atoms with Crippen LogP contribution in [-0.4, -0.2) is 31.6 Å². The Bertz CT molecular complexity index is 261. The molecule has 0 bridgehead atoms. The van der Waals surface area contributed by atoms with Crippen molar-refractivity contribution in [3.8, 4) is 0 Å². The summed E-state index contributed by atoms with van der Waals surface area (Å²) in [5.41, 5.74) is 1.57. The molecule has 0 unspecified atom stereocenters. The average molecular weight is 196 g/mol. The quantitative estimate of drug-likeness (QED) is 0.593. The van der Waals surface area contributed by atoms with Gasteiger partial charge in [-0.05, 0) is 17.4 Å². The summed E-state index contributed by atoms with van der Waals surface area (Å²) in [5.74, 6) is 0. The molecule has 14 heavy (non-hydrogen) atoms. The number of nitrogens with zero attached hydrogens (tertiary/aromatic N) is 2. The first-order chi connectivity index (χ1) is 6.45. The molecule has 0 aromatic rings. The molecule has 0 saturated carbocycles. The second kappa shape index (κ2) is 4.03. The van der Waals surface area contributed by atoms with E-state index in [0.29, 0.717) is 6.02 Å². The normalized spacial score (nSPS) is 18.5. The highest BCUT2D eigenvalue weighted by Gasteiger charge is 2.20. The second-order valence-corrected chi connectivity index (χ2v) is 4.69. The van der Waals surface area contributed by atoms with Gasteiger partial charge in [0, 0.05) is 19.8 Å². The van der Waals surface area contributed by atoms with E-state index in [-0.39, 0.29) is 5.41 Å². The third-order valence-electron chi connectivity index (χ3n) is 2.52. The predicted octanol–water partition coefficient (Wildman–Crippen LogP) is 2.25. The number of aliphatic imine (C=N–C) groups is 1. The van der Waals surface area contributed by atoms with E-state index in [1.54, 1.807) is 7.11 Å². The summed E-state index contributed by atoms with van der Waals surface area (Å²) in [6.45, 7) is 7.61. The first-order valence-electron chi connectivity index (χ1n) is 4.97. The molecule has 1 aliphatic heterocycles. The molecule has 0 saturated heterocycles. The number of rotatable bonds is 0. The van der Waals surface area contributed by atoms with Gasteiger partial charge in [0.05, 0.1) is 7.11 Å². The van der Waals surface area contributed by atoms with Crippen LogP contribution in [0, 0.1) is 5.41 Å². The predicted molar refractivity (Wildman–Crippen MR) is 59.2 cm³/mol. The summed E-state index contributed by atoms with van der Waals surface area (Å²) in [5, 5.41) is 0. The van der Waals surface area contributed by atoms with E-state index in [2.05, 4.69) is 25.8 Å². The molecular weight excluding hydrogens is 176 g/mol. The molecule has 3 heteroatoms. The Kier molecular flexibility index (Phi) is 3.19. The lowest BCUT2D eigenvalue weighted by molar-refractivity contribution is 0.310. The Morgan fingerprint density at radius 1 is 1.43 bits per heavy atom. The summed E-state index contributed by atoms with van der Waals surface area (Å²) < 4.78 is 5.18. The summed E-state index contributed by atoms with van der Waals surface area (Å²) >= 11 is 0. The standard InChI is InChI=1S/C11H20N2O/c1-11(2,3)9-6-7-13(4)10(14-5)12-8-9/h8H,6-7H2,1-5H3. The van der Waals surface area contributed by atoms with Crippen LogP contribution in [0.1, 0.15) is 27.2 Å². The van der Waals surface area contributed by atoms with Gasteiger partial charge in [-0.25, -0.2) is 4.99 Å². The zero-order chi connectivity index (χ0) is 10.8. The molecule has 0 spiro atoms. The molecule has 0 aromatic carbocycles. The first-order valence-corrected chi connectivity index (χ1v) is 4.97. The lowest BCUT2D eigenvalue weighted by Crippen LogP contribution is -2.28. The highest BCUT2D eigenvalue weighted by molar-refractivity contribution is 5.74. The summed E-state index contributed by atoms with van der Waals surface area (Å²) in [4.78, 5) is 6.37. The van der Waals surface area contributed by atoms with Gasteiger partial charge in [-0.1, -0.05) is 20.8 Å². The first kappa shape index (κ1) is 11.1.